The molecule has 0 fully saturated rings. The summed E-state index contributed by atoms with van der Waals surface area (Å²) in [5.41, 5.74) is 7.24. The molecule has 1 heteroatoms. The van der Waals surface area contributed by atoms with E-state index in [1.165, 1.54) is 41.3 Å². The quantitative estimate of drug-likeness (QED) is 0.458. The molecule has 0 saturated carbocycles. The molecule has 130 valence electrons. The van der Waals surface area contributed by atoms with E-state index in [9.17, 15) is 0 Å². The number of hydrogen-bond donors (Lipinski definition) is 1. The topological polar surface area (TPSA) is 15.8 Å². The zero-order valence-electron chi connectivity index (χ0n) is 16.2. The Kier molecular flexibility index (Phi) is 8.93. The van der Waals surface area contributed by atoms with Crippen molar-refractivity contribution in [2.45, 2.75) is 60.8 Å². The Hall–Kier alpha value is -2.02. The third kappa shape index (κ3) is 4.99. The maximum Gasteiger partial charge on any atom is 0.0483 e. The standard InChI is InChI=1S/C10H12.C9H9N.2C2H6/c1-8-4-2-5-9-6-3-7-10(8)9;1-7-3-2-4-8-5-6-10-9(7)8;2*1-2/h2,4-5H,3,6-7H2,1H3;2-6,10H,1H3;2*1-2H3. The summed E-state index contributed by atoms with van der Waals surface area (Å²) in [7, 11) is 0. The molecule has 0 radical (unpaired) electrons. The highest BCUT2D eigenvalue weighted by Crippen LogP contribution is 2.24. The number of para-hydroxylation sites is 1. The lowest BCUT2D eigenvalue weighted by atomic mass is 10.1. The van der Waals surface area contributed by atoms with Gasteiger partial charge in [-0.05, 0) is 66.8 Å². The number of benzene rings is 2. The molecule has 1 heterocycles. The van der Waals surface area contributed by atoms with Crippen LogP contribution in [0.25, 0.3) is 10.9 Å². The molecule has 3 aromatic rings. The first-order valence-electron chi connectivity index (χ1n) is 9.36. The van der Waals surface area contributed by atoms with E-state index >= 15 is 0 Å². The van der Waals surface area contributed by atoms with Crippen LogP contribution in [0.3, 0.4) is 0 Å². The molecule has 1 aliphatic carbocycles. The SMILES string of the molecule is CC.CC.Cc1cccc2c1CCC2.Cc1cccc2cc[nH]c12. The second-order valence-corrected chi connectivity index (χ2v) is 5.58. The van der Waals surface area contributed by atoms with Gasteiger partial charge in [-0.2, -0.15) is 0 Å². The molecule has 0 saturated heterocycles. The molecule has 24 heavy (non-hydrogen) atoms. The Balaban J connectivity index is 0.000000199. The predicted molar refractivity (Wildman–Crippen MR) is 109 cm³/mol. The normalized spacial score (nSPS) is 11.2. The van der Waals surface area contributed by atoms with Crippen LogP contribution in [-0.2, 0) is 12.8 Å². The smallest absolute Gasteiger partial charge is 0.0483 e. The fraction of sp³-hybridized carbons (Fsp3) is 0.391. The van der Waals surface area contributed by atoms with Gasteiger partial charge in [0.2, 0.25) is 0 Å². The fourth-order valence-electron chi connectivity index (χ4n) is 3.05. The van der Waals surface area contributed by atoms with Crippen molar-refractivity contribution in [1.29, 1.82) is 0 Å². The molecule has 1 aromatic heterocycles. The van der Waals surface area contributed by atoms with E-state index in [2.05, 4.69) is 61.3 Å². The zero-order valence-corrected chi connectivity index (χ0v) is 16.2. The predicted octanol–water partition coefficient (Wildman–Crippen LogP) is 7.01. The zero-order chi connectivity index (χ0) is 17.9. The van der Waals surface area contributed by atoms with Crippen molar-refractivity contribution in [3.05, 3.63) is 70.9 Å². The molecule has 0 amide bonds. The van der Waals surface area contributed by atoms with Crippen LogP contribution in [0.2, 0.25) is 0 Å². The summed E-state index contributed by atoms with van der Waals surface area (Å²) in [5.74, 6) is 0. The molecule has 0 bridgehead atoms. The van der Waals surface area contributed by atoms with Crippen molar-refractivity contribution in [1.82, 2.24) is 4.98 Å². The molecule has 2 aromatic carbocycles. The Bertz CT molecular complexity index is 722. The van der Waals surface area contributed by atoms with Gasteiger partial charge in [0.1, 0.15) is 0 Å². The largest absolute Gasteiger partial charge is 0.361 e. The van der Waals surface area contributed by atoms with E-state index in [1.54, 1.807) is 11.1 Å². The second kappa shape index (κ2) is 10.7. The highest BCUT2D eigenvalue weighted by molar-refractivity contribution is 5.82. The number of H-pyrrole nitrogens is 1. The highest BCUT2D eigenvalue weighted by atomic mass is 14.7. The number of aromatic nitrogens is 1. The summed E-state index contributed by atoms with van der Waals surface area (Å²) in [6, 6.07) is 15.0. The molecular formula is C23H33N. The monoisotopic (exact) mass is 323 g/mol. The Morgan fingerprint density at radius 2 is 1.42 bits per heavy atom. The van der Waals surface area contributed by atoms with Crippen LogP contribution < -0.4 is 0 Å². The molecular weight excluding hydrogens is 290 g/mol. The fourth-order valence-corrected chi connectivity index (χ4v) is 3.05. The number of rotatable bonds is 0. The van der Waals surface area contributed by atoms with E-state index in [-0.39, 0.29) is 0 Å². The van der Waals surface area contributed by atoms with E-state index in [1.807, 2.05) is 33.9 Å². The molecule has 0 atom stereocenters. The summed E-state index contributed by atoms with van der Waals surface area (Å²) in [6.07, 6.45) is 5.94. The molecule has 1 N–H and O–H groups in total. The van der Waals surface area contributed by atoms with E-state index in [0.717, 1.165) is 0 Å². The number of aromatic amines is 1. The number of aryl methyl sites for hydroxylation is 3. The van der Waals surface area contributed by atoms with Gasteiger partial charge in [0, 0.05) is 11.7 Å². The minimum atomic E-state index is 1.25. The summed E-state index contributed by atoms with van der Waals surface area (Å²) < 4.78 is 0. The lowest BCUT2D eigenvalue weighted by molar-refractivity contribution is 0.909. The van der Waals surface area contributed by atoms with Crippen LogP contribution >= 0.6 is 0 Å². The highest BCUT2D eigenvalue weighted by Gasteiger charge is 2.10. The Morgan fingerprint density at radius 3 is 2.08 bits per heavy atom. The van der Waals surface area contributed by atoms with Gasteiger partial charge in [-0.15, -0.1) is 0 Å². The van der Waals surface area contributed by atoms with Crippen LogP contribution in [0, 0.1) is 13.8 Å². The molecule has 1 nitrogen and oxygen atoms in total. The minimum absolute atomic E-state index is 1.25. The molecule has 4 rings (SSSR count). The molecule has 0 unspecified atom stereocenters. The maximum atomic E-state index is 3.19. The first-order valence-corrected chi connectivity index (χ1v) is 9.36. The van der Waals surface area contributed by atoms with Crippen molar-refractivity contribution in [2.24, 2.45) is 0 Å². The van der Waals surface area contributed by atoms with Gasteiger partial charge in [0.15, 0.2) is 0 Å². The molecule has 0 spiro atoms. The van der Waals surface area contributed by atoms with Crippen molar-refractivity contribution < 1.29 is 0 Å². The Labute approximate surface area is 148 Å². The van der Waals surface area contributed by atoms with Crippen molar-refractivity contribution in [3.63, 3.8) is 0 Å². The van der Waals surface area contributed by atoms with Crippen molar-refractivity contribution in [3.8, 4) is 0 Å². The number of fused-ring (bicyclic) bond motifs is 2. The van der Waals surface area contributed by atoms with Gasteiger partial charge in [-0.25, -0.2) is 0 Å². The van der Waals surface area contributed by atoms with E-state index < -0.39 is 0 Å². The second-order valence-electron chi connectivity index (χ2n) is 5.58. The van der Waals surface area contributed by atoms with Crippen molar-refractivity contribution >= 4 is 10.9 Å². The summed E-state index contributed by atoms with van der Waals surface area (Å²) in [4.78, 5) is 3.19. The number of hydrogen-bond acceptors (Lipinski definition) is 0. The average molecular weight is 324 g/mol. The third-order valence-corrected chi connectivity index (χ3v) is 4.18. The van der Waals surface area contributed by atoms with Gasteiger partial charge in [0.25, 0.3) is 0 Å². The van der Waals surface area contributed by atoms with Crippen LogP contribution in [0.5, 0.6) is 0 Å². The lowest BCUT2D eigenvalue weighted by Crippen LogP contribution is -1.84. The van der Waals surface area contributed by atoms with Gasteiger partial charge in [0.05, 0.1) is 0 Å². The van der Waals surface area contributed by atoms with Crippen LogP contribution in [0.4, 0.5) is 0 Å². The van der Waals surface area contributed by atoms with Crippen LogP contribution in [0.1, 0.15) is 56.4 Å². The molecule has 1 aliphatic rings. The average Bonchev–Trinajstić information content (AvgIpc) is 3.29. The summed E-state index contributed by atoms with van der Waals surface area (Å²) in [6.45, 7) is 12.3. The Morgan fingerprint density at radius 1 is 0.750 bits per heavy atom. The van der Waals surface area contributed by atoms with Crippen LogP contribution in [-0.4, -0.2) is 4.98 Å². The number of nitrogens with one attached hydrogen (secondary N) is 1. The van der Waals surface area contributed by atoms with Gasteiger partial charge in [-0.3, -0.25) is 0 Å². The van der Waals surface area contributed by atoms with Crippen molar-refractivity contribution in [2.75, 3.05) is 0 Å². The first-order chi connectivity index (χ1) is 11.8. The minimum Gasteiger partial charge on any atom is -0.361 e. The first kappa shape index (κ1) is 20.0. The lowest BCUT2D eigenvalue weighted by Gasteiger charge is -2.00. The maximum absolute atomic E-state index is 3.19. The van der Waals surface area contributed by atoms with Crippen LogP contribution in [0.15, 0.2) is 48.7 Å². The summed E-state index contributed by atoms with van der Waals surface area (Å²) >= 11 is 0. The van der Waals surface area contributed by atoms with Gasteiger partial charge < -0.3 is 4.98 Å². The summed E-state index contributed by atoms with van der Waals surface area (Å²) in [5, 5.41) is 1.29. The third-order valence-electron chi connectivity index (χ3n) is 4.18. The van der Waals surface area contributed by atoms with E-state index in [0.29, 0.717) is 0 Å². The molecule has 0 aliphatic heterocycles. The van der Waals surface area contributed by atoms with Gasteiger partial charge in [-0.1, -0.05) is 64.1 Å². The van der Waals surface area contributed by atoms with E-state index in [4.69, 9.17) is 0 Å². The van der Waals surface area contributed by atoms with Gasteiger partial charge >= 0.3 is 0 Å².